The SMILES string of the molecule is CCC1=NC=C(CC(C)(C)C)C1. The topological polar surface area (TPSA) is 12.4 Å². The molecule has 0 bridgehead atoms. The molecule has 0 radical (unpaired) electrons. The van der Waals surface area contributed by atoms with Crippen LogP contribution in [0.15, 0.2) is 16.8 Å². The summed E-state index contributed by atoms with van der Waals surface area (Å²) in [6.07, 6.45) is 5.46. The summed E-state index contributed by atoms with van der Waals surface area (Å²) in [7, 11) is 0. The van der Waals surface area contributed by atoms with Gasteiger partial charge in [0.2, 0.25) is 0 Å². The van der Waals surface area contributed by atoms with Gasteiger partial charge in [0.05, 0.1) is 0 Å². The highest BCUT2D eigenvalue weighted by atomic mass is 14.7. The molecule has 0 saturated heterocycles. The van der Waals surface area contributed by atoms with Crippen LogP contribution in [0.1, 0.15) is 47.0 Å². The molecule has 0 N–H and O–H groups in total. The van der Waals surface area contributed by atoms with Gasteiger partial charge in [-0.2, -0.15) is 0 Å². The highest BCUT2D eigenvalue weighted by Crippen LogP contribution is 2.28. The number of allylic oxidation sites excluding steroid dienone is 1. The van der Waals surface area contributed by atoms with Gasteiger partial charge in [-0.15, -0.1) is 0 Å². The van der Waals surface area contributed by atoms with E-state index in [9.17, 15) is 0 Å². The average Bonchev–Trinajstić information content (AvgIpc) is 2.32. The molecule has 1 nitrogen and oxygen atoms in total. The van der Waals surface area contributed by atoms with E-state index in [-0.39, 0.29) is 0 Å². The largest absolute Gasteiger partial charge is 0.265 e. The van der Waals surface area contributed by atoms with Gasteiger partial charge in [0.15, 0.2) is 0 Å². The minimum absolute atomic E-state index is 0.407. The van der Waals surface area contributed by atoms with Crippen LogP contribution < -0.4 is 0 Å². The molecule has 1 aliphatic heterocycles. The molecule has 0 atom stereocenters. The molecule has 0 aliphatic carbocycles. The first-order valence-corrected chi connectivity index (χ1v) is 4.75. The van der Waals surface area contributed by atoms with Gasteiger partial charge < -0.3 is 0 Å². The molecule has 0 aromatic rings. The van der Waals surface area contributed by atoms with Crippen LogP contribution in [-0.2, 0) is 0 Å². The fourth-order valence-corrected chi connectivity index (χ4v) is 1.54. The van der Waals surface area contributed by atoms with Crippen LogP contribution in [0.4, 0.5) is 0 Å². The maximum atomic E-state index is 4.37. The van der Waals surface area contributed by atoms with E-state index in [1.165, 1.54) is 17.7 Å². The summed E-state index contributed by atoms with van der Waals surface area (Å²) in [4.78, 5) is 4.37. The number of hydrogen-bond donors (Lipinski definition) is 0. The molecule has 1 rings (SSSR count). The van der Waals surface area contributed by atoms with Crippen molar-refractivity contribution in [3.8, 4) is 0 Å². The Labute approximate surface area is 75.6 Å². The Morgan fingerprint density at radius 2 is 2.08 bits per heavy atom. The van der Waals surface area contributed by atoms with Crippen molar-refractivity contribution in [2.24, 2.45) is 10.4 Å². The fraction of sp³-hybridized carbons (Fsp3) is 0.727. The first-order valence-electron chi connectivity index (χ1n) is 4.75. The standard InChI is InChI=1S/C11H19N/c1-5-10-6-9(8-12-10)7-11(2,3)4/h8H,5-7H2,1-4H3. The van der Waals surface area contributed by atoms with Crippen molar-refractivity contribution >= 4 is 5.71 Å². The zero-order chi connectivity index (χ0) is 9.19. The second-order valence-corrected chi connectivity index (χ2v) is 4.75. The number of rotatable bonds is 2. The molecule has 12 heavy (non-hydrogen) atoms. The lowest BCUT2D eigenvalue weighted by Crippen LogP contribution is -2.06. The summed E-state index contributed by atoms with van der Waals surface area (Å²) in [5.74, 6) is 0. The smallest absolute Gasteiger partial charge is 0.0263 e. The van der Waals surface area contributed by atoms with Crippen molar-refractivity contribution in [2.75, 3.05) is 0 Å². The molecular formula is C11H19N. The van der Waals surface area contributed by atoms with Crippen molar-refractivity contribution in [2.45, 2.75) is 47.0 Å². The minimum Gasteiger partial charge on any atom is -0.265 e. The third-order valence-electron chi connectivity index (χ3n) is 2.03. The third-order valence-corrected chi connectivity index (χ3v) is 2.03. The molecule has 0 amide bonds. The van der Waals surface area contributed by atoms with Gasteiger partial charge in [-0.25, -0.2) is 0 Å². The highest BCUT2D eigenvalue weighted by Gasteiger charge is 2.16. The Hall–Kier alpha value is -0.590. The summed E-state index contributed by atoms with van der Waals surface area (Å²) in [5, 5.41) is 0. The third kappa shape index (κ3) is 2.80. The van der Waals surface area contributed by atoms with E-state index in [0.717, 1.165) is 12.8 Å². The van der Waals surface area contributed by atoms with Crippen molar-refractivity contribution < 1.29 is 0 Å². The predicted octanol–water partition coefficient (Wildman–Crippen LogP) is 3.56. The van der Waals surface area contributed by atoms with Crippen LogP contribution in [0.25, 0.3) is 0 Å². The molecule has 0 aromatic heterocycles. The van der Waals surface area contributed by atoms with Crippen LogP contribution in [0, 0.1) is 5.41 Å². The first-order chi connectivity index (χ1) is 5.51. The molecule has 0 unspecified atom stereocenters. The van der Waals surface area contributed by atoms with E-state index in [4.69, 9.17) is 0 Å². The number of aliphatic imine (C=N–C) groups is 1. The number of nitrogens with zero attached hydrogens (tertiary/aromatic N) is 1. The summed E-state index contributed by atoms with van der Waals surface area (Å²) in [6, 6.07) is 0. The Balaban J connectivity index is 2.42. The molecule has 1 heteroatoms. The van der Waals surface area contributed by atoms with Crippen molar-refractivity contribution in [3.05, 3.63) is 11.8 Å². The van der Waals surface area contributed by atoms with Crippen molar-refractivity contribution in [1.29, 1.82) is 0 Å². The minimum atomic E-state index is 0.407. The number of hydrogen-bond acceptors (Lipinski definition) is 1. The lowest BCUT2D eigenvalue weighted by atomic mass is 9.87. The van der Waals surface area contributed by atoms with Crippen molar-refractivity contribution in [3.63, 3.8) is 0 Å². The van der Waals surface area contributed by atoms with Gasteiger partial charge in [-0.1, -0.05) is 27.7 Å². The molecule has 0 spiro atoms. The molecule has 0 fully saturated rings. The van der Waals surface area contributed by atoms with Crippen LogP contribution in [0.2, 0.25) is 0 Å². The molecule has 0 aromatic carbocycles. The lowest BCUT2D eigenvalue weighted by molar-refractivity contribution is 0.408. The Kier molecular flexibility index (Phi) is 2.71. The molecular weight excluding hydrogens is 146 g/mol. The van der Waals surface area contributed by atoms with Crippen molar-refractivity contribution in [1.82, 2.24) is 0 Å². The normalized spacial score (nSPS) is 17.7. The van der Waals surface area contributed by atoms with Gasteiger partial charge in [-0.05, 0) is 23.8 Å². The Morgan fingerprint density at radius 1 is 1.42 bits per heavy atom. The monoisotopic (exact) mass is 165 g/mol. The first kappa shape index (κ1) is 9.50. The highest BCUT2D eigenvalue weighted by molar-refractivity contribution is 5.88. The van der Waals surface area contributed by atoms with Crippen LogP contribution >= 0.6 is 0 Å². The zero-order valence-electron chi connectivity index (χ0n) is 8.65. The average molecular weight is 165 g/mol. The maximum absolute atomic E-state index is 4.37. The summed E-state index contributed by atoms with van der Waals surface area (Å²) < 4.78 is 0. The second kappa shape index (κ2) is 3.42. The zero-order valence-corrected chi connectivity index (χ0v) is 8.65. The molecule has 1 aliphatic rings. The summed E-state index contributed by atoms with van der Waals surface area (Å²) in [5.41, 5.74) is 3.25. The Bertz CT molecular complexity index is 216. The maximum Gasteiger partial charge on any atom is 0.0263 e. The fourth-order valence-electron chi connectivity index (χ4n) is 1.54. The molecule has 0 saturated carbocycles. The van der Waals surface area contributed by atoms with E-state index in [2.05, 4.69) is 38.9 Å². The van der Waals surface area contributed by atoms with Gasteiger partial charge >= 0.3 is 0 Å². The van der Waals surface area contributed by atoms with Gasteiger partial charge in [0.1, 0.15) is 0 Å². The van der Waals surface area contributed by atoms with E-state index < -0.39 is 0 Å². The predicted molar refractivity (Wildman–Crippen MR) is 54.5 cm³/mol. The van der Waals surface area contributed by atoms with E-state index in [0.29, 0.717) is 5.41 Å². The molecule has 68 valence electrons. The van der Waals surface area contributed by atoms with E-state index in [1.807, 2.05) is 0 Å². The molecule has 1 heterocycles. The Morgan fingerprint density at radius 3 is 2.50 bits per heavy atom. The summed E-state index contributed by atoms with van der Waals surface area (Å²) >= 11 is 0. The van der Waals surface area contributed by atoms with E-state index >= 15 is 0 Å². The van der Waals surface area contributed by atoms with Gasteiger partial charge in [0, 0.05) is 18.3 Å². The van der Waals surface area contributed by atoms with E-state index in [1.54, 1.807) is 0 Å². The van der Waals surface area contributed by atoms with Crippen LogP contribution in [0.3, 0.4) is 0 Å². The van der Waals surface area contributed by atoms with Crippen LogP contribution in [0.5, 0.6) is 0 Å². The second-order valence-electron chi connectivity index (χ2n) is 4.75. The lowest BCUT2D eigenvalue weighted by Gasteiger charge is -2.18. The van der Waals surface area contributed by atoms with Gasteiger partial charge in [-0.3, -0.25) is 4.99 Å². The van der Waals surface area contributed by atoms with Crippen LogP contribution in [-0.4, -0.2) is 5.71 Å². The quantitative estimate of drug-likeness (QED) is 0.593. The summed E-state index contributed by atoms with van der Waals surface area (Å²) in [6.45, 7) is 9.00. The van der Waals surface area contributed by atoms with Gasteiger partial charge in [0.25, 0.3) is 0 Å².